The molecule has 0 atom stereocenters. The van der Waals surface area contributed by atoms with Gasteiger partial charge in [0.05, 0.1) is 13.7 Å². The molecule has 0 radical (unpaired) electrons. The lowest BCUT2D eigenvalue weighted by atomic mass is 10.1. The summed E-state index contributed by atoms with van der Waals surface area (Å²) >= 11 is 0. The number of nitrogens with one attached hydrogen (secondary N) is 3. The van der Waals surface area contributed by atoms with Gasteiger partial charge in [-0.15, -0.1) is 24.0 Å². The fourth-order valence-corrected chi connectivity index (χ4v) is 1.82. The average molecular weight is 434 g/mol. The molecule has 0 aromatic heterocycles. The van der Waals surface area contributed by atoms with E-state index in [9.17, 15) is 4.79 Å². The SMILES string of the molecule is CN=C(NCC(=O)NC(C)(C)C)NCc1cccc(OC)c1.I. The molecule has 0 fully saturated rings. The van der Waals surface area contributed by atoms with Crippen LogP contribution in [-0.4, -0.2) is 38.1 Å². The highest BCUT2D eigenvalue weighted by Crippen LogP contribution is 2.11. The van der Waals surface area contributed by atoms with Gasteiger partial charge in [-0.2, -0.15) is 0 Å². The van der Waals surface area contributed by atoms with Crippen LogP contribution in [0.4, 0.5) is 0 Å². The Hall–Kier alpha value is -1.51. The summed E-state index contributed by atoms with van der Waals surface area (Å²) in [4.78, 5) is 15.9. The molecular formula is C16H27IN4O2. The van der Waals surface area contributed by atoms with Crippen molar-refractivity contribution in [2.45, 2.75) is 32.9 Å². The van der Waals surface area contributed by atoms with Crippen molar-refractivity contribution in [2.75, 3.05) is 20.7 Å². The maximum Gasteiger partial charge on any atom is 0.239 e. The molecule has 0 unspecified atom stereocenters. The van der Waals surface area contributed by atoms with Crippen LogP contribution in [0, 0.1) is 0 Å². The molecular weight excluding hydrogens is 407 g/mol. The number of carbonyl (C=O) groups excluding carboxylic acids is 1. The van der Waals surface area contributed by atoms with Crippen molar-refractivity contribution in [1.82, 2.24) is 16.0 Å². The first kappa shape index (κ1) is 21.5. The van der Waals surface area contributed by atoms with E-state index >= 15 is 0 Å². The number of methoxy groups -OCH3 is 1. The fourth-order valence-electron chi connectivity index (χ4n) is 1.82. The van der Waals surface area contributed by atoms with Crippen LogP contribution >= 0.6 is 24.0 Å². The number of aliphatic imine (C=N–C) groups is 1. The zero-order valence-electron chi connectivity index (χ0n) is 14.4. The number of amides is 1. The van der Waals surface area contributed by atoms with Gasteiger partial charge in [-0.05, 0) is 38.5 Å². The maximum atomic E-state index is 11.8. The third-order valence-corrected chi connectivity index (χ3v) is 2.75. The maximum absolute atomic E-state index is 11.8. The van der Waals surface area contributed by atoms with Crippen LogP contribution in [0.2, 0.25) is 0 Å². The standard InChI is InChI=1S/C16H26N4O2.HI/c1-16(2,3)20-14(21)11-19-15(17-4)18-10-12-7-6-8-13(9-12)22-5;/h6-9H,10-11H2,1-5H3,(H,20,21)(H2,17,18,19);1H. The third kappa shape index (κ3) is 9.27. The molecule has 23 heavy (non-hydrogen) atoms. The van der Waals surface area contributed by atoms with Crippen LogP contribution in [0.25, 0.3) is 0 Å². The number of carbonyl (C=O) groups is 1. The summed E-state index contributed by atoms with van der Waals surface area (Å²) in [5.41, 5.74) is 0.831. The number of guanidine groups is 1. The van der Waals surface area contributed by atoms with Crippen molar-refractivity contribution >= 4 is 35.8 Å². The molecule has 0 saturated carbocycles. The predicted octanol–water partition coefficient (Wildman–Crippen LogP) is 1.89. The van der Waals surface area contributed by atoms with Crippen LogP contribution in [-0.2, 0) is 11.3 Å². The monoisotopic (exact) mass is 434 g/mol. The highest BCUT2D eigenvalue weighted by molar-refractivity contribution is 14.0. The summed E-state index contributed by atoms with van der Waals surface area (Å²) in [7, 11) is 3.31. The van der Waals surface area contributed by atoms with Crippen LogP contribution in [0.15, 0.2) is 29.3 Å². The van der Waals surface area contributed by atoms with Gasteiger partial charge in [-0.25, -0.2) is 0 Å². The largest absolute Gasteiger partial charge is 0.497 e. The molecule has 0 aliphatic heterocycles. The van der Waals surface area contributed by atoms with E-state index in [0.717, 1.165) is 11.3 Å². The molecule has 1 amide bonds. The van der Waals surface area contributed by atoms with Crippen LogP contribution in [0.1, 0.15) is 26.3 Å². The molecule has 3 N–H and O–H groups in total. The normalized spacial score (nSPS) is 11.3. The molecule has 6 nitrogen and oxygen atoms in total. The molecule has 0 bridgehead atoms. The molecule has 1 rings (SSSR count). The van der Waals surface area contributed by atoms with E-state index in [1.807, 2.05) is 45.0 Å². The van der Waals surface area contributed by atoms with Crippen LogP contribution in [0.5, 0.6) is 5.75 Å². The quantitative estimate of drug-likeness (QED) is 0.376. The molecule has 0 saturated heterocycles. The smallest absolute Gasteiger partial charge is 0.239 e. The number of hydrogen-bond donors (Lipinski definition) is 3. The zero-order chi connectivity index (χ0) is 16.6. The van der Waals surface area contributed by atoms with Gasteiger partial charge in [0.1, 0.15) is 5.75 Å². The van der Waals surface area contributed by atoms with Crippen LogP contribution in [0.3, 0.4) is 0 Å². The minimum absolute atomic E-state index is 0. The van der Waals surface area contributed by atoms with Gasteiger partial charge in [-0.3, -0.25) is 9.79 Å². The van der Waals surface area contributed by atoms with Crippen molar-refractivity contribution in [3.63, 3.8) is 0 Å². The van der Waals surface area contributed by atoms with Gasteiger partial charge in [0.15, 0.2) is 5.96 Å². The Kier molecular flexibility index (Phi) is 9.62. The molecule has 1 aromatic rings. The first-order chi connectivity index (χ1) is 10.3. The van der Waals surface area contributed by atoms with Gasteiger partial charge >= 0.3 is 0 Å². The Morgan fingerprint density at radius 1 is 1.26 bits per heavy atom. The number of ether oxygens (including phenoxy) is 1. The Morgan fingerprint density at radius 3 is 2.52 bits per heavy atom. The van der Waals surface area contributed by atoms with Gasteiger partial charge in [-0.1, -0.05) is 12.1 Å². The first-order valence-corrected chi connectivity index (χ1v) is 7.22. The summed E-state index contributed by atoms with van der Waals surface area (Å²) < 4.78 is 5.19. The van der Waals surface area contributed by atoms with E-state index < -0.39 is 0 Å². The van der Waals surface area contributed by atoms with Gasteiger partial charge < -0.3 is 20.7 Å². The van der Waals surface area contributed by atoms with E-state index in [-0.39, 0.29) is 42.0 Å². The summed E-state index contributed by atoms with van der Waals surface area (Å²) in [6.07, 6.45) is 0. The molecule has 1 aromatic carbocycles. The van der Waals surface area contributed by atoms with Crippen LogP contribution < -0.4 is 20.7 Å². The molecule has 0 heterocycles. The van der Waals surface area contributed by atoms with Crippen molar-refractivity contribution in [3.8, 4) is 5.75 Å². The van der Waals surface area contributed by atoms with Gasteiger partial charge in [0.2, 0.25) is 5.91 Å². The van der Waals surface area contributed by atoms with Gasteiger partial charge in [0.25, 0.3) is 0 Å². The minimum Gasteiger partial charge on any atom is -0.497 e. The first-order valence-electron chi connectivity index (χ1n) is 7.22. The second-order valence-corrected chi connectivity index (χ2v) is 5.93. The van der Waals surface area contributed by atoms with E-state index in [4.69, 9.17) is 4.74 Å². The number of halogens is 1. The van der Waals surface area contributed by atoms with Crippen molar-refractivity contribution in [3.05, 3.63) is 29.8 Å². The summed E-state index contributed by atoms with van der Waals surface area (Å²) in [6.45, 7) is 6.61. The molecule has 0 aliphatic rings. The van der Waals surface area contributed by atoms with E-state index in [1.165, 1.54) is 0 Å². The van der Waals surface area contributed by atoms with E-state index in [1.54, 1.807) is 14.2 Å². The Morgan fingerprint density at radius 2 is 1.96 bits per heavy atom. The lowest BCUT2D eigenvalue weighted by Crippen LogP contribution is -2.48. The number of hydrogen-bond acceptors (Lipinski definition) is 3. The number of benzene rings is 1. The molecule has 0 spiro atoms. The average Bonchev–Trinajstić information content (AvgIpc) is 2.46. The lowest BCUT2D eigenvalue weighted by Gasteiger charge is -2.21. The highest BCUT2D eigenvalue weighted by atomic mass is 127. The molecule has 130 valence electrons. The van der Waals surface area contributed by atoms with Crippen molar-refractivity contribution < 1.29 is 9.53 Å². The number of rotatable bonds is 5. The highest BCUT2D eigenvalue weighted by Gasteiger charge is 2.13. The summed E-state index contributed by atoms with van der Waals surface area (Å²) in [6, 6.07) is 7.78. The lowest BCUT2D eigenvalue weighted by molar-refractivity contribution is -0.121. The van der Waals surface area contributed by atoms with E-state index in [2.05, 4.69) is 20.9 Å². The second-order valence-electron chi connectivity index (χ2n) is 5.93. The summed E-state index contributed by atoms with van der Waals surface area (Å²) in [5.74, 6) is 1.32. The predicted molar refractivity (Wildman–Crippen MR) is 105 cm³/mol. The van der Waals surface area contributed by atoms with Gasteiger partial charge in [0, 0.05) is 19.1 Å². The Labute approximate surface area is 155 Å². The third-order valence-electron chi connectivity index (χ3n) is 2.75. The van der Waals surface area contributed by atoms with Crippen molar-refractivity contribution in [1.29, 1.82) is 0 Å². The second kappa shape index (κ2) is 10.3. The minimum atomic E-state index is -0.240. The zero-order valence-corrected chi connectivity index (χ0v) is 16.7. The molecule has 0 aliphatic carbocycles. The van der Waals surface area contributed by atoms with E-state index in [0.29, 0.717) is 12.5 Å². The Balaban J connectivity index is 0.00000484. The number of nitrogens with zero attached hydrogens (tertiary/aromatic N) is 1. The summed E-state index contributed by atoms with van der Waals surface area (Å²) in [5, 5.41) is 9.03. The topological polar surface area (TPSA) is 74.8 Å². The van der Waals surface area contributed by atoms with Crippen molar-refractivity contribution in [2.24, 2.45) is 4.99 Å². The Bertz CT molecular complexity index is 527. The fraction of sp³-hybridized carbons (Fsp3) is 0.500. The molecule has 7 heteroatoms.